The average Bonchev–Trinajstić information content (AvgIpc) is 3.51. The van der Waals surface area contributed by atoms with E-state index >= 15 is 0 Å². The third kappa shape index (κ3) is 3.93. The van der Waals surface area contributed by atoms with E-state index in [4.69, 9.17) is 4.74 Å². The number of anilines is 1. The highest BCUT2D eigenvalue weighted by Gasteiger charge is 2.11. The normalized spacial score (nSPS) is 11.0. The summed E-state index contributed by atoms with van der Waals surface area (Å²) < 4.78 is 7.88. The first kappa shape index (κ1) is 18.7. The number of benzene rings is 2. The van der Waals surface area contributed by atoms with Crippen LogP contribution in [0.3, 0.4) is 0 Å². The molecule has 0 aliphatic rings. The molecule has 5 aromatic rings. The maximum atomic E-state index is 6.06. The number of nitrogens with one attached hydrogen (secondary N) is 2. The molecule has 0 radical (unpaired) electrons. The van der Waals surface area contributed by atoms with Crippen LogP contribution in [0.5, 0.6) is 11.5 Å². The van der Waals surface area contributed by atoms with Gasteiger partial charge in [0.15, 0.2) is 5.65 Å². The van der Waals surface area contributed by atoms with Gasteiger partial charge in [0, 0.05) is 24.4 Å². The summed E-state index contributed by atoms with van der Waals surface area (Å²) in [5.74, 6) is 2.80. The molecule has 0 unspecified atom stereocenters. The van der Waals surface area contributed by atoms with Crippen LogP contribution in [0.25, 0.3) is 17.0 Å². The first-order valence-corrected chi connectivity index (χ1v) is 9.97. The second-order valence-electron chi connectivity index (χ2n) is 6.92. The molecule has 3 heterocycles. The molecule has 0 amide bonds. The Labute approximate surface area is 178 Å². The predicted molar refractivity (Wildman–Crippen MR) is 116 cm³/mol. The Bertz CT molecular complexity index is 1300. The number of H-pyrrole nitrogens is 1. The smallest absolute Gasteiger partial charge is 0.208 e. The van der Waals surface area contributed by atoms with Crippen molar-refractivity contribution in [3.05, 3.63) is 78.1 Å². The molecular formula is C22H20N8O. The predicted octanol–water partition coefficient (Wildman–Crippen LogP) is 3.88. The second-order valence-corrected chi connectivity index (χ2v) is 6.92. The molecule has 31 heavy (non-hydrogen) atoms. The molecule has 0 atom stereocenters. The molecule has 2 N–H and O–H groups in total. The quantitative estimate of drug-likeness (QED) is 0.418. The lowest BCUT2D eigenvalue weighted by atomic mass is 10.2. The molecule has 5 rings (SSSR count). The maximum Gasteiger partial charge on any atom is 0.208 e. The van der Waals surface area contributed by atoms with Gasteiger partial charge in [0.05, 0.1) is 11.8 Å². The third-order valence-corrected chi connectivity index (χ3v) is 4.87. The van der Waals surface area contributed by atoms with Crippen LogP contribution >= 0.6 is 0 Å². The Kier molecular flexibility index (Phi) is 4.97. The van der Waals surface area contributed by atoms with Crippen molar-refractivity contribution in [3.8, 4) is 22.9 Å². The molecule has 0 fully saturated rings. The first-order chi connectivity index (χ1) is 15.3. The molecule has 154 valence electrons. The maximum absolute atomic E-state index is 6.06. The van der Waals surface area contributed by atoms with E-state index in [1.54, 1.807) is 6.20 Å². The molecule has 0 saturated carbocycles. The summed E-state index contributed by atoms with van der Waals surface area (Å²) >= 11 is 0. The van der Waals surface area contributed by atoms with Gasteiger partial charge in [0.1, 0.15) is 17.3 Å². The topological polar surface area (TPSA) is 106 Å². The minimum atomic E-state index is 0.491. The Hall–Kier alpha value is -4.27. The molecule has 0 saturated heterocycles. The van der Waals surface area contributed by atoms with Gasteiger partial charge in [-0.2, -0.15) is 14.8 Å². The molecule has 0 aliphatic heterocycles. The van der Waals surface area contributed by atoms with Crippen LogP contribution in [0.1, 0.15) is 18.2 Å². The van der Waals surface area contributed by atoms with E-state index in [0.717, 1.165) is 40.5 Å². The molecule has 9 nitrogen and oxygen atoms in total. The van der Waals surface area contributed by atoms with Crippen LogP contribution in [0, 0.1) is 0 Å². The van der Waals surface area contributed by atoms with Crippen LogP contribution < -0.4 is 10.1 Å². The van der Waals surface area contributed by atoms with E-state index in [9.17, 15) is 0 Å². The fourth-order valence-electron chi connectivity index (χ4n) is 3.28. The lowest BCUT2D eigenvalue weighted by Crippen LogP contribution is -2.07. The van der Waals surface area contributed by atoms with Gasteiger partial charge in [-0.3, -0.25) is 0 Å². The van der Waals surface area contributed by atoms with Gasteiger partial charge < -0.3 is 10.1 Å². The summed E-state index contributed by atoms with van der Waals surface area (Å²) in [6.07, 6.45) is 2.62. The van der Waals surface area contributed by atoms with E-state index in [-0.39, 0.29) is 0 Å². The lowest BCUT2D eigenvalue weighted by molar-refractivity contribution is 0.484. The van der Waals surface area contributed by atoms with Crippen molar-refractivity contribution in [2.45, 2.75) is 19.9 Å². The first-order valence-electron chi connectivity index (χ1n) is 9.97. The second kappa shape index (κ2) is 8.23. The molecule has 0 bridgehead atoms. The van der Waals surface area contributed by atoms with Crippen LogP contribution in [-0.4, -0.2) is 35.2 Å². The number of fused-ring (bicyclic) bond motifs is 1. The number of hydrogen-bond acceptors (Lipinski definition) is 7. The number of hydrogen-bond donors (Lipinski definition) is 2. The van der Waals surface area contributed by atoms with E-state index in [1.807, 2.05) is 65.2 Å². The minimum absolute atomic E-state index is 0.491. The Balaban J connectivity index is 1.30. The number of aromatic nitrogens is 7. The van der Waals surface area contributed by atoms with Crippen molar-refractivity contribution in [1.29, 1.82) is 0 Å². The Morgan fingerprint density at radius 1 is 1.06 bits per heavy atom. The van der Waals surface area contributed by atoms with E-state index in [1.165, 1.54) is 0 Å². The zero-order valence-electron chi connectivity index (χ0n) is 16.9. The fraction of sp³-hybridized carbons (Fsp3) is 0.136. The summed E-state index contributed by atoms with van der Waals surface area (Å²) in [6, 6.07) is 19.5. The van der Waals surface area contributed by atoms with Gasteiger partial charge in [0.25, 0.3) is 0 Å². The minimum Gasteiger partial charge on any atom is -0.457 e. The van der Waals surface area contributed by atoms with Crippen molar-refractivity contribution in [2.75, 3.05) is 5.32 Å². The summed E-state index contributed by atoms with van der Waals surface area (Å²) in [5.41, 5.74) is 3.76. The summed E-state index contributed by atoms with van der Waals surface area (Å²) in [6.45, 7) is 2.75. The highest BCUT2D eigenvalue weighted by atomic mass is 16.5. The fourth-order valence-corrected chi connectivity index (χ4v) is 3.28. The van der Waals surface area contributed by atoms with E-state index in [2.05, 4.69) is 42.9 Å². The van der Waals surface area contributed by atoms with Gasteiger partial charge in [0.2, 0.25) is 5.82 Å². The lowest BCUT2D eigenvalue weighted by Gasteiger charge is -2.11. The number of rotatable bonds is 7. The number of aryl methyl sites for hydroxylation is 1. The van der Waals surface area contributed by atoms with Gasteiger partial charge >= 0.3 is 0 Å². The Morgan fingerprint density at radius 2 is 1.94 bits per heavy atom. The van der Waals surface area contributed by atoms with Crippen molar-refractivity contribution >= 4 is 11.5 Å². The number of tetrazole rings is 1. The van der Waals surface area contributed by atoms with Crippen LogP contribution in [0.15, 0.2) is 66.9 Å². The van der Waals surface area contributed by atoms with Crippen molar-refractivity contribution in [2.24, 2.45) is 0 Å². The SMILES string of the molecule is CCc1cc(NCc2ccc(Oc3ccccc3-c3nn[nH]n3)cc2)n2nccc2n1. The van der Waals surface area contributed by atoms with Crippen molar-refractivity contribution in [1.82, 2.24) is 35.2 Å². The largest absolute Gasteiger partial charge is 0.457 e. The molecule has 3 aromatic heterocycles. The van der Waals surface area contributed by atoms with Gasteiger partial charge in [-0.25, -0.2) is 4.98 Å². The Morgan fingerprint density at radius 3 is 2.74 bits per heavy atom. The summed E-state index contributed by atoms with van der Waals surface area (Å²) in [5, 5.41) is 22.0. The number of para-hydroxylation sites is 1. The molecule has 9 heteroatoms. The van der Waals surface area contributed by atoms with Crippen LogP contribution in [0.2, 0.25) is 0 Å². The molecule has 0 aliphatic carbocycles. The average molecular weight is 412 g/mol. The number of nitrogens with zero attached hydrogens (tertiary/aromatic N) is 6. The van der Waals surface area contributed by atoms with Gasteiger partial charge in [-0.05, 0) is 41.5 Å². The molecule has 2 aromatic carbocycles. The number of ether oxygens (including phenoxy) is 1. The molecular weight excluding hydrogens is 392 g/mol. The van der Waals surface area contributed by atoms with E-state index < -0.39 is 0 Å². The third-order valence-electron chi connectivity index (χ3n) is 4.87. The standard InChI is InChI=1S/C22H20N8O/c1-2-16-13-21(30-20(25-16)11-12-24-30)23-14-15-7-9-17(10-8-15)31-19-6-4-3-5-18(19)22-26-28-29-27-22/h3-13,23H,2,14H2,1H3,(H,26,27,28,29). The van der Waals surface area contributed by atoms with E-state index in [0.29, 0.717) is 18.1 Å². The summed E-state index contributed by atoms with van der Waals surface area (Å²) in [4.78, 5) is 4.58. The van der Waals surface area contributed by atoms with Crippen LogP contribution in [-0.2, 0) is 13.0 Å². The highest BCUT2D eigenvalue weighted by Crippen LogP contribution is 2.31. The number of aromatic amines is 1. The zero-order chi connectivity index (χ0) is 21.0. The van der Waals surface area contributed by atoms with Gasteiger partial charge in [-0.1, -0.05) is 31.2 Å². The summed E-state index contributed by atoms with van der Waals surface area (Å²) in [7, 11) is 0. The monoisotopic (exact) mass is 412 g/mol. The van der Waals surface area contributed by atoms with Gasteiger partial charge in [-0.15, -0.1) is 10.2 Å². The highest BCUT2D eigenvalue weighted by molar-refractivity contribution is 5.64. The zero-order valence-corrected chi connectivity index (χ0v) is 16.9. The van der Waals surface area contributed by atoms with Crippen LogP contribution in [0.4, 0.5) is 5.82 Å². The molecule has 0 spiro atoms. The van der Waals surface area contributed by atoms with Crippen molar-refractivity contribution in [3.63, 3.8) is 0 Å². The van der Waals surface area contributed by atoms with Crippen molar-refractivity contribution < 1.29 is 4.74 Å².